The Balaban J connectivity index is 2.39. The average molecular weight is 228 g/mol. The van der Waals surface area contributed by atoms with Crippen molar-refractivity contribution in [3.63, 3.8) is 0 Å². The minimum atomic E-state index is -0.419. The van der Waals surface area contributed by atoms with Crippen LogP contribution in [0.5, 0.6) is 0 Å². The van der Waals surface area contributed by atoms with Crippen LogP contribution in [0.1, 0.15) is 37.7 Å². The summed E-state index contributed by atoms with van der Waals surface area (Å²) in [5, 5.41) is 0.196. The van der Waals surface area contributed by atoms with Crippen molar-refractivity contribution in [3.05, 3.63) is 34.6 Å². The van der Waals surface area contributed by atoms with Crippen LogP contribution in [-0.2, 0) is 5.54 Å². The van der Waals surface area contributed by atoms with Crippen molar-refractivity contribution in [2.24, 2.45) is 5.73 Å². The van der Waals surface area contributed by atoms with Crippen LogP contribution in [-0.4, -0.2) is 0 Å². The number of benzene rings is 1. The van der Waals surface area contributed by atoms with E-state index in [9.17, 15) is 4.39 Å². The summed E-state index contributed by atoms with van der Waals surface area (Å²) in [6, 6.07) is 4.90. The number of nitrogens with two attached hydrogens (primary N) is 1. The Morgan fingerprint density at radius 1 is 1.20 bits per heavy atom. The predicted molar refractivity (Wildman–Crippen MR) is 60.4 cm³/mol. The maximum Gasteiger partial charge on any atom is 0.142 e. The molecule has 1 aromatic rings. The van der Waals surface area contributed by atoms with Crippen LogP contribution in [0.3, 0.4) is 0 Å². The second kappa shape index (κ2) is 4.11. The first-order valence-electron chi connectivity index (χ1n) is 5.37. The molecule has 1 fully saturated rings. The lowest BCUT2D eigenvalue weighted by Gasteiger charge is -2.34. The maximum absolute atomic E-state index is 13.3. The van der Waals surface area contributed by atoms with Crippen molar-refractivity contribution in [3.8, 4) is 0 Å². The Kier molecular flexibility index (Phi) is 2.98. The fourth-order valence-corrected chi connectivity index (χ4v) is 2.65. The number of rotatable bonds is 1. The van der Waals surface area contributed by atoms with Gasteiger partial charge in [0.25, 0.3) is 0 Å². The summed E-state index contributed by atoms with van der Waals surface area (Å²) in [6.45, 7) is 0. The molecule has 82 valence electrons. The highest BCUT2D eigenvalue weighted by Gasteiger charge is 2.31. The Morgan fingerprint density at radius 2 is 1.87 bits per heavy atom. The van der Waals surface area contributed by atoms with E-state index in [0.29, 0.717) is 0 Å². The standard InChI is InChI=1S/C12H15ClFN/c13-11-9(5-4-6-10(11)14)12(15)7-2-1-3-8-12/h4-6H,1-3,7-8,15H2. The van der Waals surface area contributed by atoms with Crippen LogP contribution in [0.25, 0.3) is 0 Å². The largest absolute Gasteiger partial charge is 0.321 e. The van der Waals surface area contributed by atoms with E-state index in [-0.39, 0.29) is 10.8 Å². The van der Waals surface area contributed by atoms with Gasteiger partial charge in [0.1, 0.15) is 5.82 Å². The summed E-state index contributed by atoms with van der Waals surface area (Å²) >= 11 is 5.96. The van der Waals surface area contributed by atoms with Gasteiger partial charge in [0.15, 0.2) is 0 Å². The highest BCUT2D eigenvalue weighted by Crippen LogP contribution is 2.38. The van der Waals surface area contributed by atoms with Gasteiger partial charge >= 0.3 is 0 Å². The van der Waals surface area contributed by atoms with E-state index in [4.69, 9.17) is 17.3 Å². The van der Waals surface area contributed by atoms with Crippen LogP contribution >= 0.6 is 11.6 Å². The van der Waals surface area contributed by atoms with Gasteiger partial charge in [0, 0.05) is 5.54 Å². The Labute approximate surface area is 94.4 Å². The van der Waals surface area contributed by atoms with Gasteiger partial charge < -0.3 is 5.73 Å². The third kappa shape index (κ3) is 2.01. The smallest absolute Gasteiger partial charge is 0.142 e. The average Bonchev–Trinajstić information content (AvgIpc) is 2.23. The van der Waals surface area contributed by atoms with Gasteiger partial charge in [-0.25, -0.2) is 4.39 Å². The molecular formula is C12H15ClFN. The van der Waals surface area contributed by atoms with Crippen molar-refractivity contribution in [1.29, 1.82) is 0 Å². The molecule has 1 aliphatic carbocycles. The molecule has 0 aliphatic heterocycles. The van der Waals surface area contributed by atoms with E-state index in [1.165, 1.54) is 12.5 Å². The topological polar surface area (TPSA) is 26.0 Å². The van der Waals surface area contributed by atoms with Gasteiger partial charge in [0.05, 0.1) is 5.02 Å². The highest BCUT2D eigenvalue weighted by molar-refractivity contribution is 6.31. The molecule has 1 saturated carbocycles. The van der Waals surface area contributed by atoms with E-state index in [1.54, 1.807) is 6.07 Å². The van der Waals surface area contributed by atoms with Crippen LogP contribution in [0.4, 0.5) is 4.39 Å². The molecule has 0 bridgehead atoms. The molecule has 2 N–H and O–H groups in total. The molecule has 3 heteroatoms. The van der Waals surface area contributed by atoms with Gasteiger partial charge in [0.2, 0.25) is 0 Å². The van der Waals surface area contributed by atoms with E-state index >= 15 is 0 Å². The zero-order valence-corrected chi connectivity index (χ0v) is 9.36. The molecule has 0 amide bonds. The molecular weight excluding hydrogens is 213 g/mol. The molecule has 1 nitrogen and oxygen atoms in total. The fraction of sp³-hybridized carbons (Fsp3) is 0.500. The minimum absolute atomic E-state index is 0.196. The highest BCUT2D eigenvalue weighted by atomic mass is 35.5. The molecule has 2 rings (SSSR count). The van der Waals surface area contributed by atoms with E-state index in [1.807, 2.05) is 6.07 Å². The molecule has 0 spiro atoms. The Morgan fingerprint density at radius 3 is 2.53 bits per heavy atom. The maximum atomic E-state index is 13.3. The lowest BCUT2D eigenvalue weighted by Crippen LogP contribution is -2.39. The van der Waals surface area contributed by atoms with E-state index in [0.717, 1.165) is 31.2 Å². The normalized spacial score (nSPS) is 20.2. The van der Waals surface area contributed by atoms with Crippen molar-refractivity contribution in [2.45, 2.75) is 37.6 Å². The summed E-state index contributed by atoms with van der Waals surface area (Å²) < 4.78 is 13.3. The molecule has 1 aliphatic rings. The van der Waals surface area contributed by atoms with Crippen LogP contribution in [0.2, 0.25) is 5.02 Å². The molecule has 0 heterocycles. The molecule has 1 aromatic carbocycles. The monoisotopic (exact) mass is 227 g/mol. The van der Waals surface area contributed by atoms with Crippen molar-refractivity contribution in [2.75, 3.05) is 0 Å². The molecule has 0 aromatic heterocycles. The van der Waals surface area contributed by atoms with Gasteiger partial charge in [-0.15, -0.1) is 0 Å². The Hall–Kier alpha value is -0.600. The first kappa shape index (κ1) is 10.9. The summed E-state index contributed by atoms with van der Waals surface area (Å²) in [4.78, 5) is 0. The molecule has 0 unspecified atom stereocenters. The summed E-state index contributed by atoms with van der Waals surface area (Å²) in [6.07, 6.45) is 5.21. The van der Waals surface area contributed by atoms with Crippen molar-refractivity contribution >= 4 is 11.6 Å². The second-order valence-corrected chi connectivity index (χ2v) is 4.70. The summed E-state index contributed by atoms with van der Waals surface area (Å²) in [7, 11) is 0. The number of hydrogen-bond acceptors (Lipinski definition) is 1. The molecule has 0 radical (unpaired) electrons. The van der Waals surface area contributed by atoms with Gasteiger partial charge in [-0.3, -0.25) is 0 Å². The van der Waals surface area contributed by atoms with Crippen molar-refractivity contribution in [1.82, 2.24) is 0 Å². The lowest BCUT2D eigenvalue weighted by molar-refractivity contribution is 0.301. The van der Waals surface area contributed by atoms with E-state index < -0.39 is 5.54 Å². The zero-order valence-electron chi connectivity index (χ0n) is 8.60. The van der Waals surface area contributed by atoms with Crippen LogP contribution in [0.15, 0.2) is 18.2 Å². The van der Waals surface area contributed by atoms with Crippen LogP contribution in [0, 0.1) is 5.82 Å². The minimum Gasteiger partial charge on any atom is -0.321 e. The third-order valence-corrected chi connectivity index (χ3v) is 3.62. The molecule has 0 saturated heterocycles. The van der Waals surface area contributed by atoms with Crippen LogP contribution < -0.4 is 5.73 Å². The molecule has 15 heavy (non-hydrogen) atoms. The SMILES string of the molecule is NC1(c2cccc(F)c2Cl)CCCCC1. The fourth-order valence-electron chi connectivity index (χ4n) is 2.34. The first-order chi connectivity index (χ1) is 7.13. The van der Waals surface area contributed by atoms with Gasteiger partial charge in [-0.05, 0) is 24.5 Å². The van der Waals surface area contributed by atoms with E-state index in [2.05, 4.69) is 0 Å². The van der Waals surface area contributed by atoms with Crippen molar-refractivity contribution < 1.29 is 4.39 Å². The number of halogens is 2. The van der Waals surface area contributed by atoms with Gasteiger partial charge in [-0.1, -0.05) is 43.0 Å². The predicted octanol–water partition coefficient (Wildman–Crippen LogP) is 3.60. The lowest BCUT2D eigenvalue weighted by atomic mass is 9.77. The second-order valence-electron chi connectivity index (χ2n) is 4.32. The zero-order chi connectivity index (χ0) is 10.9. The first-order valence-corrected chi connectivity index (χ1v) is 5.75. The summed E-state index contributed by atoms with van der Waals surface area (Å²) in [5.74, 6) is -0.371. The quantitative estimate of drug-likeness (QED) is 0.780. The number of hydrogen-bond donors (Lipinski definition) is 1. The summed E-state index contributed by atoms with van der Waals surface area (Å²) in [5.41, 5.74) is 6.65. The Bertz CT molecular complexity index is 359. The third-order valence-electron chi connectivity index (χ3n) is 3.23. The van der Waals surface area contributed by atoms with Gasteiger partial charge in [-0.2, -0.15) is 0 Å². The molecule has 0 atom stereocenters.